The van der Waals surface area contributed by atoms with Crippen molar-refractivity contribution in [1.29, 1.82) is 0 Å². The molecular formula is C32H48O4. The first kappa shape index (κ1) is 26.0. The van der Waals surface area contributed by atoms with E-state index in [0.717, 1.165) is 51.4 Å². The van der Waals surface area contributed by atoms with Gasteiger partial charge in [0.2, 0.25) is 0 Å². The van der Waals surface area contributed by atoms with Crippen LogP contribution in [0.25, 0.3) is 0 Å². The number of carboxylic acids is 1. The molecule has 0 saturated heterocycles. The van der Waals surface area contributed by atoms with E-state index in [4.69, 9.17) is 4.74 Å². The number of hydrogen-bond acceptors (Lipinski definition) is 3. The van der Waals surface area contributed by atoms with E-state index in [2.05, 4.69) is 60.6 Å². The fraction of sp³-hybridized carbons (Fsp3) is 0.812. The van der Waals surface area contributed by atoms with Crippen LogP contribution < -0.4 is 0 Å². The number of rotatable bonds is 2. The molecule has 0 amide bonds. The third-order valence-corrected chi connectivity index (χ3v) is 13.1. The fourth-order valence-electron chi connectivity index (χ4n) is 10.6. The molecular weight excluding hydrogens is 448 g/mol. The predicted molar refractivity (Wildman–Crippen MR) is 142 cm³/mol. The fourth-order valence-corrected chi connectivity index (χ4v) is 10.6. The highest BCUT2D eigenvalue weighted by Crippen LogP contribution is 2.74. The number of carbonyl (C=O) groups is 2. The zero-order valence-electron chi connectivity index (χ0n) is 23.9. The molecule has 0 aliphatic heterocycles. The van der Waals surface area contributed by atoms with Gasteiger partial charge in [-0.2, -0.15) is 0 Å². The highest BCUT2D eigenvalue weighted by molar-refractivity contribution is 5.77. The highest BCUT2D eigenvalue weighted by Gasteiger charge is 2.68. The molecule has 0 aromatic heterocycles. The second-order valence-electron chi connectivity index (χ2n) is 14.6. The summed E-state index contributed by atoms with van der Waals surface area (Å²) in [5.41, 5.74) is 2.39. The van der Waals surface area contributed by atoms with E-state index in [1.165, 1.54) is 12.5 Å². The SMILES string of the molecule is CC(=O)O[C@H]1CC[C@]2(C)C3=CC=C4C5[C@@H](C)[C@H](C)CC[C@]5(C(=O)O)CC[C@@]4(C)[C@]3(C)CCC2C1(C)C. The largest absolute Gasteiger partial charge is 0.481 e. The van der Waals surface area contributed by atoms with Gasteiger partial charge < -0.3 is 9.84 Å². The first-order chi connectivity index (χ1) is 16.6. The van der Waals surface area contributed by atoms with Crippen molar-refractivity contribution in [2.24, 2.45) is 50.7 Å². The van der Waals surface area contributed by atoms with E-state index in [0.29, 0.717) is 17.8 Å². The molecule has 0 radical (unpaired) electrons. The molecule has 5 aliphatic carbocycles. The van der Waals surface area contributed by atoms with Gasteiger partial charge in [0.05, 0.1) is 5.41 Å². The van der Waals surface area contributed by atoms with Gasteiger partial charge in [0.15, 0.2) is 0 Å². The van der Waals surface area contributed by atoms with Crippen LogP contribution in [0.1, 0.15) is 107 Å². The van der Waals surface area contributed by atoms with Crippen molar-refractivity contribution in [1.82, 2.24) is 0 Å². The Morgan fingerprint density at radius 3 is 2.22 bits per heavy atom. The summed E-state index contributed by atoms with van der Waals surface area (Å²) in [7, 11) is 0. The van der Waals surface area contributed by atoms with Crippen molar-refractivity contribution in [3.8, 4) is 0 Å². The normalized spacial score (nSPS) is 49.3. The summed E-state index contributed by atoms with van der Waals surface area (Å²) in [6.07, 6.45) is 12.6. The average Bonchev–Trinajstić information content (AvgIpc) is 2.78. The van der Waals surface area contributed by atoms with Crippen molar-refractivity contribution in [3.05, 3.63) is 23.3 Å². The second-order valence-corrected chi connectivity index (χ2v) is 14.6. The van der Waals surface area contributed by atoms with Crippen molar-refractivity contribution in [2.45, 2.75) is 113 Å². The van der Waals surface area contributed by atoms with Crippen LogP contribution in [0, 0.1) is 50.7 Å². The van der Waals surface area contributed by atoms with Crippen LogP contribution in [0.4, 0.5) is 0 Å². The van der Waals surface area contributed by atoms with E-state index >= 15 is 0 Å². The molecule has 0 heterocycles. The molecule has 36 heavy (non-hydrogen) atoms. The van der Waals surface area contributed by atoms with Gasteiger partial charge >= 0.3 is 11.9 Å². The van der Waals surface area contributed by atoms with Crippen LogP contribution in [-0.2, 0) is 14.3 Å². The average molecular weight is 497 g/mol. The van der Waals surface area contributed by atoms with Crippen molar-refractivity contribution < 1.29 is 19.4 Å². The zero-order valence-corrected chi connectivity index (χ0v) is 23.9. The van der Waals surface area contributed by atoms with E-state index in [1.807, 2.05) is 0 Å². The van der Waals surface area contributed by atoms with Crippen LogP contribution in [0.2, 0.25) is 0 Å². The Kier molecular flexibility index (Phi) is 5.76. The lowest BCUT2D eigenvalue weighted by Crippen LogP contribution is -2.62. The monoisotopic (exact) mass is 496 g/mol. The Hall–Kier alpha value is -1.58. The summed E-state index contributed by atoms with van der Waals surface area (Å²) in [4.78, 5) is 24.7. The number of carboxylic acid groups (broad SMARTS) is 1. The Balaban J connectivity index is 1.62. The standard InChI is InChI=1S/C32H48O4/c1-19-11-16-32(27(34)35)18-17-30(7)22(26(32)20(19)2)9-10-24-29(6)14-13-25(36-21(3)33)28(4,5)23(29)12-15-31(24,30)8/h9-10,19-20,23,25-26H,11-18H2,1-8H3,(H,34,35)/t19-,20+,23?,25+,26?,29+,30-,31-,32+/m1/s1. The number of allylic oxidation sites excluding steroid dienone is 4. The van der Waals surface area contributed by atoms with Crippen LogP contribution in [0.5, 0.6) is 0 Å². The molecule has 1 N–H and O–H groups in total. The predicted octanol–water partition coefficient (Wildman–Crippen LogP) is 7.58. The van der Waals surface area contributed by atoms with Crippen molar-refractivity contribution in [3.63, 3.8) is 0 Å². The molecule has 4 heteroatoms. The van der Waals surface area contributed by atoms with Crippen LogP contribution in [-0.4, -0.2) is 23.1 Å². The lowest BCUT2D eigenvalue weighted by atomic mass is 9.35. The van der Waals surface area contributed by atoms with Gasteiger partial charge in [0, 0.05) is 12.3 Å². The van der Waals surface area contributed by atoms with Crippen LogP contribution in [0.3, 0.4) is 0 Å². The first-order valence-electron chi connectivity index (χ1n) is 14.5. The van der Waals surface area contributed by atoms with E-state index < -0.39 is 11.4 Å². The van der Waals surface area contributed by atoms with Gasteiger partial charge in [0.25, 0.3) is 0 Å². The maximum Gasteiger partial charge on any atom is 0.310 e. The minimum Gasteiger partial charge on any atom is -0.481 e. The van der Waals surface area contributed by atoms with E-state index in [1.54, 1.807) is 5.57 Å². The van der Waals surface area contributed by atoms with Gasteiger partial charge in [-0.05, 0) is 91.3 Å². The maximum atomic E-state index is 12.8. The summed E-state index contributed by atoms with van der Waals surface area (Å²) >= 11 is 0. The molecule has 4 fully saturated rings. The molecule has 5 rings (SSSR count). The Bertz CT molecular complexity index is 1040. The third-order valence-electron chi connectivity index (χ3n) is 13.1. The first-order valence-corrected chi connectivity index (χ1v) is 14.5. The summed E-state index contributed by atoms with van der Waals surface area (Å²) in [6, 6.07) is 0. The van der Waals surface area contributed by atoms with Gasteiger partial charge in [-0.3, -0.25) is 9.59 Å². The molecule has 5 aliphatic rings. The minimum atomic E-state index is -0.607. The van der Waals surface area contributed by atoms with Gasteiger partial charge in [-0.25, -0.2) is 0 Å². The summed E-state index contributed by atoms with van der Waals surface area (Å²) in [6.45, 7) is 18.2. The number of aliphatic carboxylic acids is 1. The van der Waals surface area contributed by atoms with Gasteiger partial charge in [0.1, 0.15) is 6.10 Å². The zero-order chi connectivity index (χ0) is 26.5. The van der Waals surface area contributed by atoms with E-state index in [9.17, 15) is 14.7 Å². The highest BCUT2D eigenvalue weighted by atomic mass is 16.5. The lowest BCUT2D eigenvalue weighted by Gasteiger charge is -2.68. The van der Waals surface area contributed by atoms with Crippen molar-refractivity contribution in [2.75, 3.05) is 0 Å². The Labute approximate surface area is 218 Å². The molecule has 2 unspecified atom stereocenters. The molecule has 9 atom stereocenters. The summed E-state index contributed by atoms with van der Waals surface area (Å²) in [5, 5.41) is 10.6. The molecule has 200 valence electrons. The maximum absolute atomic E-state index is 12.8. The van der Waals surface area contributed by atoms with Crippen molar-refractivity contribution >= 4 is 11.9 Å². The molecule has 0 bridgehead atoms. The third kappa shape index (κ3) is 3.11. The number of hydrogen-bond donors (Lipinski definition) is 1. The van der Waals surface area contributed by atoms with Crippen LogP contribution >= 0.6 is 0 Å². The number of fused-ring (bicyclic) bond motifs is 7. The van der Waals surface area contributed by atoms with Gasteiger partial charge in [-0.1, -0.05) is 71.8 Å². The Morgan fingerprint density at radius 1 is 0.889 bits per heavy atom. The minimum absolute atomic E-state index is 0.0170. The Morgan fingerprint density at radius 2 is 1.58 bits per heavy atom. The molecule has 4 saturated carbocycles. The number of ether oxygens (including phenoxy) is 1. The second kappa shape index (κ2) is 7.96. The van der Waals surface area contributed by atoms with Crippen LogP contribution in [0.15, 0.2) is 23.3 Å². The summed E-state index contributed by atoms with van der Waals surface area (Å²) < 4.78 is 5.86. The lowest BCUT2D eigenvalue weighted by molar-refractivity contribution is -0.174. The number of esters is 1. The number of carbonyl (C=O) groups excluding carboxylic acids is 1. The molecule has 0 spiro atoms. The quantitative estimate of drug-likeness (QED) is 0.400. The molecule has 4 nitrogen and oxygen atoms in total. The smallest absolute Gasteiger partial charge is 0.310 e. The topological polar surface area (TPSA) is 63.6 Å². The molecule has 0 aromatic rings. The summed E-state index contributed by atoms with van der Waals surface area (Å²) in [5.74, 6) is 0.758. The molecule has 0 aromatic carbocycles. The van der Waals surface area contributed by atoms with E-state index in [-0.39, 0.29) is 39.7 Å². The van der Waals surface area contributed by atoms with Gasteiger partial charge in [-0.15, -0.1) is 0 Å².